The van der Waals surface area contributed by atoms with E-state index in [1.165, 1.54) is 0 Å². The molecule has 1 saturated heterocycles. The third kappa shape index (κ3) is 4.97. The molecule has 0 saturated carbocycles. The molecule has 1 N–H and O–H groups in total. The number of hydrogen-bond donors (Lipinski definition) is 1. The monoisotopic (exact) mass is 401 g/mol. The fourth-order valence-corrected chi connectivity index (χ4v) is 3.57. The maximum absolute atomic E-state index is 12.5. The summed E-state index contributed by atoms with van der Waals surface area (Å²) in [7, 11) is 0. The topological polar surface area (TPSA) is 44.8 Å². The lowest BCUT2D eigenvalue weighted by atomic mass is 10.1. The van der Waals surface area contributed by atoms with Crippen molar-refractivity contribution in [2.75, 3.05) is 49.5 Å². The Hall–Kier alpha value is -2.24. The van der Waals surface area contributed by atoms with Crippen molar-refractivity contribution in [2.24, 2.45) is 0 Å². The van der Waals surface area contributed by atoms with E-state index in [1.54, 1.807) is 6.07 Å². The molecule has 0 atom stereocenters. The minimum absolute atomic E-state index is 0.0418. The number of rotatable bonds is 6. The van der Waals surface area contributed by atoms with Crippen molar-refractivity contribution in [3.05, 3.63) is 52.5 Å². The lowest BCUT2D eigenvalue weighted by molar-refractivity contribution is -0.118. The van der Waals surface area contributed by atoms with Gasteiger partial charge in [0, 0.05) is 31.2 Å². The van der Waals surface area contributed by atoms with E-state index in [4.69, 9.17) is 16.3 Å². The average Bonchev–Trinajstić information content (AvgIpc) is 2.69. The van der Waals surface area contributed by atoms with Crippen LogP contribution in [0.25, 0.3) is 0 Å². The van der Waals surface area contributed by atoms with E-state index in [-0.39, 0.29) is 12.5 Å². The second-order valence-electron chi connectivity index (χ2n) is 7.12. The van der Waals surface area contributed by atoms with Crippen LogP contribution in [0, 0.1) is 13.8 Å². The first-order chi connectivity index (χ1) is 13.5. The van der Waals surface area contributed by atoms with Crippen molar-refractivity contribution in [3.8, 4) is 5.75 Å². The molecule has 1 fully saturated rings. The predicted molar refractivity (Wildman–Crippen MR) is 116 cm³/mol. The maximum atomic E-state index is 12.5. The van der Waals surface area contributed by atoms with E-state index in [1.807, 2.05) is 44.2 Å². The third-order valence-corrected chi connectivity index (χ3v) is 5.54. The van der Waals surface area contributed by atoms with Crippen LogP contribution in [0.1, 0.15) is 18.1 Å². The number of likely N-dealkylation sites (N-methyl/N-ethyl adjacent to an activating group) is 1. The van der Waals surface area contributed by atoms with E-state index in [0.717, 1.165) is 61.0 Å². The number of amides is 1. The Morgan fingerprint density at radius 1 is 1.14 bits per heavy atom. The first kappa shape index (κ1) is 20.5. The molecule has 5 nitrogen and oxygen atoms in total. The van der Waals surface area contributed by atoms with E-state index >= 15 is 0 Å². The number of carbonyl (C=O) groups excluding carboxylic acids is 1. The van der Waals surface area contributed by atoms with Crippen LogP contribution in [-0.2, 0) is 4.79 Å². The number of hydrogen-bond acceptors (Lipinski definition) is 4. The molecule has 0 radical (unpaired) electrons. The smallest absolute Gasteiger partial charge is 0.262 e. The number of nitrogens with zero attached hydrogens (tertiary/aromatic N) is 2. The Labute approximate surface area is 172 Å². The van der Waals surface area contributed by atoms with Gasteiger partial charge < -0.3 is 19.9 Å². The van der Waals surface area contributed by atoms with Gasteiger partial charge in [-0.3, -0.25) is 4.79 Å². The second-order valence-corrected chi connectivity index (χ2v) is 7.55. The van der Waals surface area contributed by atoms with Gasteiger partial charge in [-0.05, 0) is 55.8 Å². The van der Waals surface area contributed by atoms with Crippen molar-refractivity contribution >= 4 is 28.9 Å². The van der Waals surface area contributed by atoms with Gasteiger partial charge in [0.05, 0.1) is 11.4 Å². The van der Waals surface area contributed by atoms with Gasteiger partial charge >= 0.3 is 0 Å². The second kappa shape index (κ2) is 9.30. The van der Waals surface area contributed by atoms with Crippen molar-refractivity contribution in [1.29, 1.82) is 0 Å². The number of ether oxygens (including phenoxy) is 1. The zero-order valence-corrected chi connectivity index (χ0v) is 17.6. The molecule has 0 unspecified atom stereocenters. The summed E-state index contributed by atoms with van der Waals surface area (Å²) in [6.07, 6.45) is 0. The molecule has 2 aromatic rings. The highest BCUT2D eigenvalue weighted by Gasteiger charge is 2.19. The quantitative estimate of drug-likeness (QED) is 0.790. The molecule has 0 bridgehead atoms. The Morgan fingerprint density at radius 3 is 2.61 bits per heavy atom. The van der Waals surface area contributed by atoms with E-state index in [0.29, 0.717) is 5.02 Å². The molecular formula is C22H28ClN3O2. The van der Waals surface area contributed by atoms with Crippen LogP contribution < -0.4 is 15.0 Å². The zero-order valence-electron chi connectivity index (χ0n) is 16.8. The minimum Gasteiger partial charge on any atom is -0.483 e. The van der Waals surface area contributed by atoms with Crippen molar-refractivity contribution in [1.82, 2.24) is 4.90 Å². The Kier molecular flexibility index (Phi) is 6.81. The first-order valence-corrected chi connectivity index (χ1v) is 10.1. The lowest BCUT2D eigenvalue weighted by Gasteiger charge is -2.36. The van der Waals surface area contributed by atoms with Gasteiger partial charge in [0.15, 0.2) is 6.61 Å². The molecule has 1 heterocycles. The van der Waals surface area contributed by atoms with Crippen molar-refractivity contribution in [2.45, 2.75) is 20.8 Å². The summed E-state index contributed by atoms with van der Waals surface area (Å²) in [6, 6.07) is 11.5. The number of anilines is 2. The van der Waals surface area contributed by atoms with Gasteiger partial charge in [-0.15, -0.1) is 0 Å². The fraction of sp³-hybridized carbons (Fsp3) is 0.409. The molecule has 1 aliphatic rings. The van der Waals surface area contributed by atoms with Crippen LogP contribution in [-0.4, -0.2) is 50.1 Å². The van der Waals surface area contributed by atoms with Crippen LogP contribution in [0.2, 0.25) is 5.02 Å². The van der Waals surface area contributed by atoms with Gasteiger partial charge in [0.25, 0.3) is 5.91 Å². The standard InChI is InChI=1S/C22H28ClN3O2/c1-4-25-10-12-26(13-11-25)20-9-8-18(23)14-19(20)24-22(27)15-28-21-7-5-6-16(2)17(21)3/h5-9,14H,4,10-13,15H2,1-3H3,(H,24,27). The van der Waals surface area contributed by atoms with E-state index in [9.17, 15) is 4.79 Å². The molecule has 1 aliphatic heterocycles. The largest absolute Gasteiger partial charge is 0.483 e. The average molecular weight is 402 g/mol. The summed E-state index contributed by atoms with van der Waals surface area (Å²) in [5.41, 5.74) is 3.92. The number of aryl methyl sites for hydroxylation is 1. The molecular weight excluding hydrogens is 374 g/mol. The van der Waals surface area contributed by atoms with Gasteiger partial charge in [-0.25, -0.2) is 0 Å². The summed E-state index contributed by atoms with van der Waals surface area (Å²) in [6.45, 7) is 11.1. The lowest BCUT2D eigenvalue weighted by Crippen LogP contribution is -2.46. The molecule has 0 aromatic heterocycles. The molecule has 1 amide bonds. The molecule has 150 valence electrons. The van der Waals surface area contributed by atoms with Gasteiger partial charge in [-0.2, -0.15) is 0 Å². The predicted octanol–water partition coefficient (Wildman–Crippen LogP) is 4.12. The molecule has 0 aliphatic carbocycles. The fourth-order valence-electron chi connectivity index (χ4n) is 3.40. The summed E-state index contributed by atoms with van der Waals surface area (Å²) < 4.78 is 5.73. The molecule has 0 spiro atoms. The normalized spacial score (nSPS) is 14.8. The number of benzene rings is 2. The number of nitrogens with one attached hydrogen (secondary N) is 1. The first-order valence-electron chi connectivity index (χ1n) is 9.73. The number of halogens is 1. The van der Waals surface area contributed by atoms with Gasteiger partial charge in [0.1, 0.15) is 5.75 Å². The van der Waals surface area contributed by atoms with E-state index in [2.05, 4.69) is 22.0 Å². The SMILES string of the molecule is CCN1CCN(c2ccc(Cl)cc2NC(=O)COc2cccc(C)c2C)CC1. The van der Waals surface area contributed by atoms with E-state index < -0.39 is 0 Å². The van der Waals surface area contributed by atoms with Crippen LogP contribution in [0.5, 0.6) is 5.75 Å². The van der Waals surface area contributed by atoms with Crippen LogP contribution in [0.3, 0.4) is 0 Å². The highest BCUT2D eigenvalue weighted by Crippen LogP contribution is 2.30. The Balaban J connectivity index is 1.67. The summed E-state index contributed by atoms with van der Waals surface area (Å²) in [4.78, 5) is 17.2. The minimum atomic E-state index is -0.198. The van der Waals surface area contributed by atoms with Crippen molar-refractivity contribution in [3.63, 3.8) is 0 Å². The molecule has 28 heavy (non-hydrogen) atoms. The van der Waals surface area contributed by atoms with Crippen molar-refractivity contribution < 1.29 is 9.53 Å². The van der Waals surface area contributed by atoms with Crippen LogP contribution >= 0.6 is 11.6 Å². The van der Waals surface area contributed by atoms with Crippen LogP contribution in [0.4, 0.5) is 11.4 Å². The Bertz CT molecular complexity index is 833. The molecule has 6 heteroatoms. The highest BCUT2D eigenvalue weighted by atomic mass is 35.5. The van der Waals surface area contributed by atoms with Crippen LogP contribution in [0.15, 0.2) is 36.4 Å². The van der Waals surface area contributed by atoms with Gasteiger partial charge in [0.2, 0.25) is 0 Å². The Morgan fingerprint density at radius 2 is 1.89 bits per heavy atom. The molecule has 3 rings (SSSR count). The third-order valence-electron chi connectivity index (χ3n) is 5.31. The van der Waals surface area contributed by atoms with Gasteiger partial charge in [-0.1, -0.05) is 30.7 Å². The summed E-state index contributed by atoms with van der Waals surface area (Å²) >= 11 is 6.19. The number of carbonyl (C=O) groups is 1. The maximum Gasteiger partial charge on any atom is 0.262 e. The highest BCUT2D eigenvalue weighted by molar-refractivity contribution is 6.31. The summed E-state index contributed by atoms with van der Waals surface area (Å²) in [5.74, 6) is 0.536. The zero-order chi connectivity index (χ0) is 20.1. The number of piperazine rings is 1. The molecule has 2 aromatic carbocycles. The summed E-state index contributed by atoms with van der Waals surface area (Å²) in [5, 5.41) is 3.57.